The molecule has 13 heteroatoms. The van der Waals surface area contributed by atoms with E-state index in [1.165, 1.54) is 23.9 Å². The predicted octanol–water partition coefficient (Wildman–Crippen LogP) is 0.0749. The molecule has 5 atom stereocenters. The number of rotatable bonds is 16. The van der Waals surface area contributed by atoms with Crippen LogP contribution in [0, 0.1) is 5.92 Å². The number of hydrogen-bond donors (Lipinski definition) is 7. The van der Waals surface area contributed by atoms with Crippen LogP contribution in [-0.2, 0) is 30.4 Å². The van der Waals surface area contributed by atoms with Crippen molar-refractivity contribution in [1.29, 1.82) is 0 Å². The molecule has 12 nitrogen and oxygen atoms in total. The van der Waals surface area contributed by atoms with Crippen molar-refractivity contribution in [3.63, 3.8) is 0 Å². The van der Waals surface area contributed by atoms with Crippen LogP contribution in [0.5, 0.6) is 5.75 Å². The van der Waals surface area contributed by atoms with Gasteiger partial charge in [0.25, 0.3) is 0 Å². The van der Waals surface area contributed by atoms with Gasteiger partial charge in [0.1, 0.15) is 23.9 Å². The monoisotopic (exact) mass is 540 g/mol. The third kappa shape index (κ3) is 11.1. The number of nitrogens with one attached hydrogen (secondary N) is 3. The van der Waals surface area contributed by atoms with E-state index in [1.807, 2.05) is 0 Å². The molecule has 37 heavy (non-hydrogen) atoms. The van der Waals surface area contributed by atoms with Gasteiger partial charge in [0.05, 0.1) is 12.5 Å². The van der Waals surface area contributed by atoms with Gasteiger partial charge >= 0.3 is 11.9 Å². The third-order valence-electron chi connectivity index (χ3n) is 5.76. The Hall–Kier alpha value is -3.32. The van der Waals surface area contributed by atoms with Crippen molar-refractivity contribution in [2.45, 2.75) is 63.7 Å². The van der Waals surface area contributed by atoms with Gasteiger partial charge in [-0.2, -0.15) is 11.8 Å². The SMILES string of the molecule is CCC(C)C(NC(=O)C(Cc1ccc(O)cc1)NC(=O)C(CCSC)NC(=O)C(N)CC(=O)O)C(=O)O. The lowest BCUT2D eigenvalue weighted by Crippen LogP contribution is -2.58. The second-order valence-electron chi connectivity index (χ2n) is 8.69. The molecule has 1 aromatic rings. The van der Waals surface area contributed by atoms with Gasteiger partial charge in [0.15, 0.2) is 0 Å². The number of aromatic hydroxyl groups is 1. The van der Waals surface area contributed by atoms with E-state index in [1.54, 1.807) is 32.2 Å². The van der Waals surface area contributed by atoms with Gasteiger partial charge in [-0.3, -0.25) is 19.2 Å². The molecule has 0 saturated carbocycles. The standard InChI is InChI=1S/C24H36N4O8S/c1-4-13(2)20(24(35)36)28-23(34)18(11-14-5-7-15(29)8-6-14)27-22(33)17(9-10-37-3)26-21(32)16(25)12-19(30)31/h5-8,13,16-18,20,29H,4,9-12,25H2,1-3H3,(H,26,32)(H,27,33)(H,28,34)(H,30,31)(H,35,36). The fourth-order valence-corrected chi connectivity index (χ4v) is 3.82. The van der Waals surface area contributed by atoms with Crippen molar-refractivity contribution in [3.8, 4) is 5.75 Å². The summed E-state index contributed by atoms with van der Waals surface area (Å²) in [7, 11) is 0. The largest absolute Gasteiger partial charge is 0.508 e. The number of carbonyl (C=O) groups excluding carboxylic acids is 3. The maximum atomic E-state index is 13.2. The lowest BCUT2D eigenvalue weighted by Gasteiger charge is -2.26. The van der Waals surface area contributed by atoms with E-state index in [0.717, 1.165) is 0 Å². The van der Waals surface area contributed by atoms with E-state index in [2.05, 4.69) is 16.0 Å². The molecule has 0 aromatic heterocycles. The lowest BCUT2D eigenvalue weighted by atomic mass is 9.98. The molecule has 0 saturated heterocycles. The van der Waals surface area contributed by atoms with E-state index in [4.69, 9.17) is 10.8 Å². The number of nitrogens with two attached hydrogens (primary N) is 1. The highest BCUT2D eigenvalue weighted by Gasteiger charge is 2.32. The van der Waals surface area contributed by atoms with E-state index in [9.17, 15) is 34.2 Å². The first-order valence-corrected chi connectivity index (χ1v) is 13.2. The summed E-state index contributed by atoms with van der Waals surface area (Å²) in [5.74, 6) is -4.65. The number of carboxylic acids is 2. The first-order valence-electron chi connectivity index (χ1n) is 11.8. The fourth-order valence-electron chi connectivity index (χ4n) is 3.35. The van der Waals surface area contributed by atoms with Crippen molar-refractivity contribution in [2.24, 2.45) is 11.7 Å². The van der Waals surface area contributed by atoms with Gasteiger partial charge in [-0.15, -0.1) is 0 Å². The van der Waals surface area contributed by atoms with E-state index in [-0.39, 0.29) is 24.5 Å². The number of aliphatic carboxylic acids is 2. The van der Waals surface area contributed by atoms with Crippen LogP contribution >= 0.6 is 11.8 Å². The molecule has 0 bridgehead atoms. The average Bonchev–Trinajstić information content (AvgIpc) is 2.84. The Morgan fingerprint density at radius 1 is 0.946 bits per heavy atom. The molecule has 1 aromatic carbocycles. The maximum absolute atomic E-state index is 13.2. The highest BCUT2D eigenvalue weighted by molar-refractivity contribution is 7.98. The van der Waals surface area contributed by atoms with E-state index < -0.39 is 60.2 Å². The molecular weight excluding hydrogens is 504 g/mol. The zero-order valence-electron chi connectivity index (χ0n) is 21.1. The van der Waals surface area contributed by atoms with Crippen molar-refractivity contribution >= 4 is 41.4 Å². The van der Waals surface area contributed by atoms with Crippen LogP contribution in [0.1, 0.15) is 38.7 Å². The minimum atomic E-state index is -1.37. The summed E-state index contributed by atoms with van der Waals surface area (Å²) in [6.07, 6.45) is 1.82. The molecule has 1 rings (SSSR count). The number of carbonyl (C=O) groups is 5. The zero-order chi connectivity index (χ0) is 28.1. The third-order valence-corrected chi connectivity index (χ3v) is 6.40. The Morgan fingerprint density at radius 2 is 1.51 bits per heavy atom. The fraction of sp³-hybridized carbons (Fsp3) is 0.542. The Kier molecular flexibility index (Phi) is 13.5. The number of hydrogen-bond acceptors (Lipinski definition) is 8. The highest BCUT2D eigenvalue weighted by Crippen LogP contribution is 2.13. The first kappa shape index (κ1) is 31.7. The van der Waals surface area contributed by atoms with Crippen LogP contribution in [0.3, 0.4) is 0 Å². The number of benzene rings is 1. The zero-order valence-corrected chi connectivity index (χ0v) is 21.9. The summed E-state index contributed by atoms with van der Waals surface area (Å²) in [5, 5.41) is 35.5. The summed E-state index contributed by atoms with van der Waals surface area (Å²) < 4.78 is 0. The first-order chi connectivity index (χ1) is 17.4. The molecule has 0 aliphatic heterocycles. The quantitative estimate of drug-likeness (QED) is 0.150. The molecule has 5 unspecified atom stereocenters. The van der Waals surface area contributed by atoms with Crippen molar-refractivity contribution in [1.82, 2.24) is 16.0 Å². The second-order valence-corrected chi connectivity index (χ2v) is 9.67. The lowest BCUT2D eigenvalue weighted by molar-refractivity contribution is -0.143. The minimum absolute atomic E-state index is 0.00837. The average molecular weight is 541 g/mol. The Labute approximate surface area is 219 Å². The highest BCUT2D eigenvalue weighted by atomic mass is 32.2. The smallest absolute Gasteiger partial charge is 0.326 e. The van der Waals surface area contributed by atoms with E-state index >= 15 is 0 Å². The van der Waals surface area contributed by atoms with Gasteiger partial charge in [-0.25, -0.2) is 4.79 Å². The number of amides is 3. The molecule has 206 valence electrons. The van der Waals surface area contributed by atoms with Gasteiger partial charge in [0, 0.05) is 6.42 Å². The molecule has 0 aliphatic carbocycles. The summed E-state index contributed by atoms with van der Waals surface area (Å²) in [5.41, 5.74) is 6.20. The Balaban J connectivity index is 3.16. The molecule has 3 amide bonds. The predicted molar refractivity (Wildman–Crippen MR) is 138 cm³/mol. The van der Waals surface area contributed by atoms with Gasteiger partial charge < -0.3 is 37.0 Å². The van der Waals surface area contributed by atoms with Crippen molar-refractivity contribution in [2.75, 3.05) is 12.0 Å². The summed E-state index contributed by atoms with van der Waals surface area (Å²) >= 11 is 1.42. The number of carboxylic acid groups (broad SMARTS) is 2. The van der Waals surface area contributed by atoms with Gasteiger partial charge in [0.2, 0.25) is 17.7 Å². The molecule has 0 aliphatic rings. The number of thioether (sulfide) groups is 1. The van der Waals surface area contributed by atoms with Crippen LogP contribution in [0.2, 0.25) is 0 Å². The molecule has 8 N–H and O–H groups in total. The Bertz CT molecular complexity index is 943. The van der Waals surface area contributed by atoms with Crippen LogP contribution < -0.4 is 21.7 Å². The van der Waals surface area contributed by atoms with E-state index in [0.29, 0.717) is 17.7 Å². The summed E-state index contributed by atoms with van der Waals surface area (Å²) in [4.78, 5) is 61.3. The molecular formula is C24H36N4O8S. The second kappa shape index (κ2) is 15.7. The molecule has 0 radical (unpaired) electrons. The topological polar surface area (TPSA) is 208 Å². The molecule has 0 fully saturated rings. The molecule has 0 spiro atoms. The van der Waals surface area contributed by atoms with Gasteiger partial charge in [-0.1, -0.05) is 32.4 Å². The van der Waals surface area contributed by atoms with Crippen LogP contribution in [-0.4, -0.2) is 81.2 Å². The van der Waals surface area contributed by atoms with Crippen molar-refractivity contribution in [3.05, 3.63) is 29.8 Å². The van der Waals surface area contributed by atoms with Crippen LogP contribution in [0.25, 0.3) is 0 Å². The number of phenols is 1. The molecule has 0 heterocycles. The summed E-state index contributed by atoms with van der Waals surface area (Å²) in [6.45, 7) is 3.47. The Morgan fingerprint density at radius 3 is 2.03 bits per heavy atom. The van der Waals surface area contributed by atoms with Crippen LogP contribution in [0.4, 0.5) is 0 Å². The number of phenolic OH excluding ortho intramolecular Hbond substituents is 1. The summed E-state index contributed by atoms with van der Waals surface area (Å²) in [6, 6.07) is 1.08. The normalized spacial score (nSPS) is 14.9. The van der Waals surface area contributed by atoms with Crippen LogP contribution in [0.15, 0.2) is 24.3 Å². The maximum Gasteiger partial charge on any atom is 0.326 e. The van der Waals surface area contributed by atoms with Gasteiger partial charge in [-0.05, 0) is 42.0 Å². The van der Waals surface area contributed by atoms with Crippen molar-refractivity contribution < 1.29 is 39.3 Å². The minimum Gasteiger partial charge on any atom is -0.508 e.